The lowest BCUT2D eigenvalue weighted by Crippen LogP contribution is -2.18. The van der Waals surface area contributed by atoms with Gasteiger partial charge in [-0.15, -0.1) is 0 Å². The summed E-state index contributed by atoms with van der Waals surface area (Å²) in [4.78, 5) is 43.7. The smallest absolute Gasteiger partial charge is 0.274 e. The van der Waals surface area contributed by atoms with Gasteiger partial charge in [-0.1, -0.05) is 6.07 Å². The minimum atomic E-state index is -0.414. The van der Waals surface area contributed by atoms with Crippen molar-refractivity contribution in [3.63, 3.8) is 0 Å². The fourth-order valence-corrected chi connectivity index (χ4v) is 4.65. The van der Waals surface area contributed by atoms with E-state index in [-0.39, 0.29) is 11.4 Å². The maximum absolute atomic E-state index is 13.1. The van der Waals surface area contributed by atoms with Gasteiger partial charge in [-0.2, -0.15) is 0 Å². The molecule has 2 amide bonds. The van der Waals surface area contributed by atoms with E-state index in [0.29, 0.717) is 11.4 Å². The molecular formula is C31H31N7O2. The summed E-state index contributed by atoms with van der Waals surface area (Å²) in [5.41, 5.74) is 7.03. The van der Waals surface area contributed by atoms with E-state index in [0.717, 1.165) is 44.6 Å². The lowest BCUT2D eigenvalue weighted by atomic mass is 10.1. The molecular weight excluding hydrogens is 502 g/mol. The van der Waals surface area contributed by atoms with Crippen molar-refractivity contribution in [1.29, 1.82) is 0 Å². The van der Waals surface area contributed by atoms with Crippen molar-refractivity contribution in [3.05, 3.63) is 89.5 Å². The van der Waals surface area contributed by atoms with Crippen LogP contribution in [-0.2, 0) is 0 Å². The SMILES string of the molecule is Cc1cc(N(C)C)c2cc(NC(=O)c3cccc(C(=O)Nc4ccc5nc(C)cc(N(C)C)c5c4)n3)ccc2n1. The molecule has 9 nitrogen and oxygen atoms in total. The fourth-order valence-electron chi connectivity index (χ4n) is 4.65. The molecule has 0 aliphatic carbocycles. The van der Waals surface area contributed by atoms with Crippen molar-refractivity contribution < 1.29 is 9.59 Å². The molecule has 0 saturated carbocycles. The molecule has 0 spiro atoms. The van der Waals surface area contributed by atoms with Crippen molar-refractivity contribution in [2.24, 2.45) is 0 Å². The number of pyridine rings is 3. The standard InChI is InChI=1S/C31H31N7O2/c1-18-14-28(37(3)4)22-16-20(10-12-24(22)32-18)34-30(39)26-8-7-9-27(36-26)31(40)35-21-11-13-25-23(17-21)29(38(5)6)15-19(2)33-25/h7-17H,1-6H3,(H,34,39)(H,35,40). The quantitative estimate of drug-likeness (QED) is 0.300. The highest BCUT2D eigenvalue weighted by Gasteiger charge is 2.15. The predicted octanol–water partition coefficient (Wildman–Crippen LogP) is 5.43. The van der Waals surface area contributed by atoms with Gasteiger partial charge in [-0.05, 0) is 74.5 Å². The zero-order valence-corrected chi connectivity index (χ0v) is 23.4. The number of hydrogen-bond acceptors (Lipinski definition) is 7. The minimum absolute atomic E-state index is 0.135. The molecule has 5 aromatic rings. The van der Waals surface area contributed by atoms with E-state index in [1.165, 1.54) is 0 Å². The van der Waals surface area contributed by atoms with E-state index in [2.05, 4.69) is 25.6 Å². The molecule has 0 saturated heterocycles. The Hall–Kier alpha value is -5.05. The molecule has 3 aromatic heterocycles. The van der Waals surface area contributed by atoms with Crippen molar-refractivity contribution in [3.8, 4) is 0 Å². The summed E-state index contributed by atoms with van der Waals surface area (Å²) in [6.07, 6.45) is 0. The molecule has 0 unspecified atom stereocenters. The minimum Gasteiger partial charge on any atom is -0.377 e. The molecule has 0 aliphatic heterocycles. The Labute approximate surface area is 232 Å². The van der Waals surface area contributed by atoms with Crippen LogP contribution in [0.4, 0.5) is 22.7 Å². The molecule has 0 fully saturated rings. The van der Waals surface area contributed by atoms with Gasteiger partial charge in [-0.3, -0.25) is 19.6 Å². The molecule has 2 N–H and O–H groups in total. The summed E-state index contributed by atoms with van der Waals surface area (Å²) in [7, 11) is 7.88. The molecule has 40 heavy (non-hydrogen) atoms. The van der Waals surface area contributed by atoms with Crippen LogP contribution in [0.15, 0.2) is 66.7 Å². The Balaban J connectivity index is 1.36. The average Bonchev–Trinajstić information content (AvgIpc) is 2.92. The van der Waals surface area contributed by atoms with Crippen LogP contribution >= 0.6 is 0 Å². The zero-order chi connectivity index (χ0) is 28.6. The number of rotatable bonds is 6. The molecule has 202 valence electrons. The zero-order valence-electron chi connectivity index (χ0n) is 23.4. The number of hydrogen-bond donors (Lipinski definition) is 2. The van der Waals surface area contributed by atoms with Crippen LogP contribution in [0.25, 0.3) is 21.8 Å². The summed E-state index contributed by atoms with van der Waals surface area (Å²) < 4.78 is 0. The van der Waals surface area contributed by atoms with E-state index < -0.39 is 11.8 Å². The second kappa shape index (κ2) is 10.6. The first-order valence-corrected chi connectivity index (χ1v) is 12.9. The van der Waals surface area contributed by atoms with Crippen molar-refractivity contribution in [2.75, 3.05) is 48.6 Å². The molecule has 5 rings (SSSR count). The van der Waals surface area contributed by atoms with E-state index in [4.69, 9.17) is 0 Å². The lowest BCUT2D eigenvalue weighted by Gasteiger charge is -2.17. The third-order valence-electron chi connectivity index (χ3n) is 6.52. The van der Waals surface area contributed by atoms with Crippen LogP contribution in [0, 0.1) is 13.8 Å². The van der Waals surface area contributed by atoms with E-state index in [1.54, 1.807) is 30.3 Å². The van der Waals surface area contributed by atoms with E-state index in [1.807, 2.05) is 88.2 Å². The summed E-state index contributed by atoms with van der Waals surface area (Å²) in [5.74, 6) is -0.827. The van der Waals surface area contributed by atoms with Crippen molar-refractivity contribution in [1.82, 2.24) is 15.0 Å². The van der Waals surface area contributed by atoms with Crippen molar-refractivity contribution in [2.45, 2.75) is 13.8 Å². The highest BCUT2D eigenvalue weighted by Crippen LogP contribution is 2.29. The van der Waals surface area contributed by atoms with Crippen LogP contribution in [-0.4, -0.2) is 55.0 Å². The Morgan fingerprint density at radius 1 is 0.600 bits per heavy atom. The number of nitrogens with one attached hydrogen (secondary N) is 2. The highest BCUT2D eigenvalue weighted by molar-refractivity contribution is 6.08. The topological polar surface area (TPSA) is 103 Å². The number of benzene rings is 2. The maximum Gasteiger partial charge on any atom is 0.274 e. The number of anilines is 4. The van der Waals surface area contributed by atoms with Gasteiger partial charge in [0, 0.05) is 73.1 Å². The second-order valence-corrected chi connectivity index (χ2v) is 10.1. The van der Waals surface area contributed by atoms with Gasteiger partial charge < -0.3 is 20.4 Å². The Morgan fingerprint density at radius 2 is 1.02 bits per heavy atom. The normalized spacial score (nSPS) is 10.9. The Bertz CT molecular complexity index is 1650. The van der Waals surface area contributed by atoms with E-state index in [9.17, 15) is 9.59 Å². The summed E-state index contributed by atoms with van der Waals surface area (Å²) in [6, 6.07) is 20.0. The number of aryl methyl sites for hydroxylation is 2. The number of carbonyl (C=O) groups excluding carboxylic acids is 2. The second-order valence-electron chi connectivity index (χ2n) is 10.1. The number of aromatic nitrogens is 3. The van der Waals surface area contributed by atoms with Crippen LogP contribution in [0.2, 0.25) is 0 Å². The van der Waals surface area contributed by atoms with Gasteiger partial charge in [0.2, 0.25) is 0 Å². The van der Waals surface area contributed by atoms with Crippen LogP contribution in [0.3, 0.4) is 0 Å². The van der Waals surface area contributed by atoms with E-state index >= 15 is 0 Å². The van der Waals surface area contributed by atoms with Gasteiger partial charge in [-0.25, -0.2) is 4.98 Å². The molecule has 9 heteroatoms. The van der Waals surface area contributed by atoms with Gasteiger partial charge in [0.25, 0.3) is 11.8 Å². The third kappa shape index (κ3) is 5.40. The van der Waals surface area contributed by atoms with Gasteiger partial charge in [0.15, 0.2) is 0 Å². The van der Waals surface area contributed by atoms with Gasteiger partial charge in [0.05, 0.1) is 11.0 Å². The highest BCUT2D eigenvalue weighted by atomic mass is 16.2. The van der Waals surface area contributed by atoms with Crippen molar-refractivity contribution >= 4 is 56.4 Å². The largest absolute Gasteiger partial charge is 0.377 e. The number of nitrogens with zero attached hydrogens (tertiary/aromatic N) is 5. The maximum atomic E-state index is 13.1. The van der Waals surface area contributed by atoms with Crippen LogP contribution < -0.4 is 20.4 Å². The van der Waals surface area contributed by atoms with Gasteiger partial charge >= 0.3 is 0 Å². The fraction of sp³-hybridized carbons (Fsp3) is 0.194. The summed E-state index contributed by atoms with van der Waals surface area (Å²) in [6.45, 7) is 3.91. The number of amides is 2. The first-order chi connectivity index (χ1) is 19.1. The summed E-state index contributed by atoms with van der Waals surface area (Å²) in [5, 5.41) is 7.64. The molecule has 3 heterocycles. The molecule has 0 bridgehead atoms. The third-order valence-corrected chi connectivity index (χ3v) is 6.52. The average molecular weight is 534 g/mol. The first-order valence-electron chi connectivity index (χ1n) is 12.9. The number of fused-ring (bicyclic) bond motifs is 2. The molecule has 0 radical (unpaired) electrons. The molecule has 2 aromatic carbocycles. The Kier molecular flexibility index (Phi) is 7.04. The molecule has 0 atom stereocenters. The number of carbonyl (C=O) groups is 2. The molecule has 0 aliphatic rings. The monoisotopic (exact) mass is 533 g/mol. The first kappa shape index (κ1) is 26.6. The predicted molar refractivity (Wildman–Crippen MR) is 162 cm³/mol. The lowest BCUT2D eigenvalue weighted by molar-refractivity contribution is 0.101. The van der Waals surface area contributed by atoms with Crippen LogP contribution in [0.5, 0.6) is 0 Å². The van der Waals surface area contributed by atoms with Gasteiger partial charge in [0.1, 0.15) is 11.4 Å². The Morgan fingerprint density at radius 3 is 1.43 bits per heavy atom. The van der Waals surface area contributed by atoms with Crippen LogP contribution in [0.1, 0.15) is 32.4 Å². The summed E-state index contributed by atoms with van der Waals surface area (Å²) >= 11 is 0.